The lowest BCUT2D eigenvalue weighted by Gasteiger charge is -2.23. The van der Waals surface area contributed by atoms with Crippen LogP contribution >= 0.6 is 0 Å². The van der Waals surface area contributed by atoms with Crippen LogP contribution in [0, 0.1) is 13.8 Å². The first kappa shape index (κ1) is 15.3. The van der Waals surface area contributed by atoms with Crippen LogP contribution in [-0.2, 0) is 9.53 Å². The molecule has 106 valence electrons. The fourth-order valence-electron chi connectivity index (χ4n) is 1.58. The lowest BCUT2D eigenvalue weighted by Crippen LogP contribution is -2.46. The van der Waals surface area contributed by atoms with Gasteiger partial charge in [-0.3, -0.25) is 4.79 Å². The maximum absolute atomic E-state index is 11.9. The molecule has 1 rings (SSSR count). The van der Waals surface area contributed by atoms with Crippen molar-refractivity contribution in [3.63, 3.8) is 0 Å². The Morgan fingerprint density at radius 3 is 2.32 bits per heavy atom. The standard InChI is InChI=1S/C14H21NO4/c1-8-7-11(9(2)18-8)13(17)19-10(3)12(16)15-14(4,5)6/h7,10H,1-6H3,(H,15,16). The van der Waals surface area contributed by atoms with Gasteiger partial charge in [-0.05, 0) is 47.6 Å². The lowest BCUT2D eigenvalue weighted by atomic mass is 10.1. The van der Waals surface area contributed by atoms with Crippen LogP contribution in [0.5, 0.6) is 0 Å². The SMILES string of the molecule is Cc1cc(C(=O)OC(C)C(=O)NC(C)(C)C)c(C)o1. The first-order valence-corrected chi connectivity index (χ1v) is 6.20. The van der Waals surface area contributed by atoms with Gasteiger partial charge in [0.25, 0.3) is 5.91 Å². The van der Waals surface area contributed by atoms with Gasteiger partial charge < -0.3 is 14.5 Å². The minimum atomic E-state index is -0.846. The molecule has 1 heterocycles. The molecule has 0 spiro atoms. The fraction of sp³-hybridized carbons (Fsp3) is 0.571. The van der Waals surface area contributed by atoms with Crippen molar-refractivity contribution in [2.24, 2.45) is 0 Å². The highest BCUT2D eigenvalue weighted by Crippen LogP contribution is 2.15. The summed E-state index contributed by atoms with van der Waals surface area (Å²) in [6, 6.07) is 1.60. The fourth-order valence-corrected chi connectivity index (χ4v) is 1.58. The quantitative estimate of drug-likeness (QED) is 0.854. The van der Waals surface area contributed by atoms with E-state index in [-0.39, 0.29) is 11.4 Å². The highest BCUT2D eigenvalue weighted by Gasteiger charge is 2.24. The molecule has 0 saturated heterocycles. The van der Waals surface area contributed by atoms with Gasteiger partial charge in [0.2, 0.25) is 0 Å². The number of furan rings is 1. The average Bonchev–Trinajstić information content (AvgIpc) is 2.55. The summed E-state index contributed by atoms with van der Waals surface area (Å²) in [4.78, 5) is 23.7. The number of amides is 1. The highest BCUT2D eigenvalue weighted by molar-refractivity contribution is 5.93. The number of carbonyl (C=O) groups excluding carboxylic acids is 2. The van der Waals surface area contributed by atoms with Gasteiger partial charge in [-0.15, -0.1) is 0 Å². The molecule has 1 atom stereocenters. The zero-order valence-corrected chi connectivity index (χ0v) is 12.3. The molecule has 0 aliphatic heterocycles. The van der Waals surface area contributed by atoms with Gasteiger partial charge in [-0.25, -0.2) is 4.79 Å². The van der Waals surface area contributed by atoms with Crippen LogP contribution in [0.4, 0.5) is 0 Å². The Morgan fingerprint density at radius 1 is 1.32 bits per heavy atom. The van der Waals surface area contributed by atoms with Crippen molar-refractivity contribution in [3.8, 4) is 0 Å². The molecule has 1 amide bonds. The molecule has 1 N–H and O–H groups in total. The molecule has 0 aliphatic rings. The van der Waals surface area contributed by atoms with Crippen LogP contribution in [-0.4, -0.2) is 23.5 Å². The van der Waals surface area contributed by atoms with E-state index in [0.717, 1.165) is 0 Å². The molecule has 0 radical (unpaired) electrons. The van der Waals surface area contributed by atoms with E-state index in [2.05, 4.69) is 5.32 Å². The number of nitrogens with one attached hydrogen (secondary N) is 1. The zero-order valence-electron chi connectivity index (χ0n) is 12.3. The van der Waals surface area contributed by atoms with E-state index >= 15 is 0 Å². The van der Waals surface area contributed by atoms with Crippen molar-refractivity contribution in [3.05, 3.63) is 23.2 Å². The largest absolute Gasteiger partial charge is 0.466 e. The van der Waals surface area contributed by atoms with E-state index in [9.17, 15) is 9.59 Å². The molecule has 0 fully saturated rings. The van der Waals surface area contributed by atoms with Crippen molar-refractivity contribution in [2.45, 2.75) is 53.2 Å². The molecule has 0 aliphatic carbocycles. The van der Waals surface area contributed by atoms with Crippen LogP contribution in [0.25, 0.3) is 0 Å². The van der Waals surface area contributed by atoms with Crippen molar-refractivity contribution >= 4 is 11.9 Å². The lowest BCUT2D eigenvalue weighted by molar-refractivity contribution is -0.130. The monoisotopic (exact) mass is 267 g/mol. The second-order valence-electron chi connectivity index (χ2n) is 5.61. The Hall–Kier alpha value is -1.78. The van der Waals surface area contributed by atoms with Gasteiger partial charge in [0.05, 0.1) is 0 Å². The second kappa shape index (κ2) is 5.47. The summed E-state index contributed by atoms with van der Waals surface area (Å²) in [5.74, 6) is 0.256. The maximum atomic E-state index is 11.9. The Balaban J connectivity index is 2.67. The van der Waals surface area contributed by atoms with Crippen molar-refractivity contribution < 1.29 is 18.7 Å². The van der Waals surface area contributed by atoms with Gasteiger partial charge in [0.15, 0.2) is 6.10 Å². The number of rotatable bonds is 3. The van der Waals surface area contributed by atoms with E-state index in [1.165, 1.54) is 0 Å². The first-order chi connectivity index (χ1) is 8.60. The van der Waals surface area contributed by atoms with Gasteiger partial charge in [-0.2, -0.15) is 0 Å². The van der Waals surface area contributed by atoms with Crippen LogP contribution in [0.1, 0.15) is 49.6 Å². The predicted octanol–water partition coefficient (Wildman–Crippen LogP) is 2.36. The number of ether oxygens (including phenoxy) is 1. The van der Waals surface area contributed by atoms with Gasteiger partial charge >= 0.3 is 5.97 Å². The Labute approximate surface area is 113 Å². The van der Waals surface area contributed by atoms with Gasteiger partial charge in [0.1, 0.15) is 17.1 Å². The first-order valence-electron chi connectivity index (χ1n) is 6.20. The van der Waals surface area contributed by atoms with E-state index in [4.69, 9.17) is 9.15 Å². The molecule has 5 heteroatoms. The molecule has 19 heavy (non-hydrogen) atoms. The third kappa shape index (κ3) is 4.43. The topological polar surface area (TPSA) is 68.5 Å². The van der Waals surface area contributed by atoms with E-state index in [1.807, 2.05) is 20.8 Å². The van der Waals surface area contributed by atoms with Crippen molar-refractivity contribution in [1.82, 2.24) is 5.32 Å². The third-order valence-corrected chi connectivity index (χ3v) is 2.41. The predicted molar refractivity (Wildman–Crippen MR) is 71.0 cm³/mol. The summed E-state index contributed by atoms with van der Waals surface area (Å²) in [6.45, 7) is 10.6. The minimum absolute atomic E-state index is 0.321. The summed E-state index contributed by atoms with van der Waals surface area (Å²) < 4.78 is 10.4. The van der Waals surface area contributed by atoms with Crippen molar-refractivity contribution in [1.29, 1.82) is 0 Å². The molecule has 1 aromatic rings. The molecule has 0 saturated carbocycles. The molecule has 1 unspecified atom stereocenters. The zero-order chi connectivity index (χ0) is 14.8. The number of hydrogen-bond donors (Lipinski definition) is 1. The van der Waals surface area contributed by atoms with Crippen LogP contribution in [0.3, 0.4) is 0 Å². The Bertz CT molecular complexity index is 482. The van der Waals surface area contributed by atoms with Crippen molar-refractivity contribution in [2.75, 3.05) is 0 Å². The van der Waals surface area contributed by atoms with Crippen LogP contribution < -0.4 is 5.32 Å². The summed E-state index contributed by atoms with van der Waals surface area (Å²) in [6.07, 6.45) is -0.846. The highest BCUT2D eigenvalue weighted by atomic mass is 16.5. The normalized spacial score (nSPS) is 12.9. The minimum Gasteiger partial charge on any atom is -0.466 e. The number of esters is 1. The van der Waals surface area contributed by atoms with Gasteiger partial charge in [0, 0.05) is 5.54 Å². The summed E-state index contributed by atoms with van der Waals surface area (Å²) in [7, 11) is 0. The molecule has 0 bridgehead atoms. The van der Waals surface area contributed by atoms with Crippen LogP contribution in [0.15, 0.2) is 10.5 Å². The summed E-state index contributed by atoms with van der Waals surface area (Å²) in [5.41, 5.74) is -0.00667. The molecular weight excluding hydrogens is 246 g/mol. The summed E-state index contributed by atoms with van der Waals surface area (Å²) >= 11 is 0. The Morgan fingerprint density at radius 2 is 1.89 bits per heavy atom. The van der Waals surface area contributed by atoms with E-state index < -0.39 is 12.1 Å². The maximum Gasteiger partial charge on any atom is 0.342 e. The third-order valence-electron chi connectivity index (χ3n) is 2.41. The van der Waals surface area contributed by atoms with E-state index in [0.29, 0.717) is 17.1 Å². The number of carbonyl (C=O) groups is 2. The van der Waals surface area contributed by atoms with Gasteiger partial charge in [-0.1, -0.05) is 0 Å². The summed E-state index contributed by atoms with van der Waals surface area (Å²) in [5, 5.41) is 2.76. The molecular formula is C14H21NO4. The molecule has 0 aromatic carbocycles. The molecule has 1 aromatic heterocycles. The Kier molecular flexibility index (Phi) is 4.39. The smallest absolute Gasteiger partial charge is 0.342 e. The second-order valence-corrected chi connectivity index (χ2v) is 5.61. The number of hydrogen-bond acceptors (Lipinski definition) is 4. The average molecular weight is 267 g/mol. The van der Waals surface area contributed by atoms with E-state index in [1.54, 1.807) is 26.8 Å². The number of aryl methyl sites for hydroxylation is 2. The molecule has 5 nitrogen and oxygen atoms in total. The van der Waals surface area contributed by atoms with Crippen LogP contribution in [0.2, 0.25) is 0 Å².